The number of aliphatic hydroxyl groups excluding tert-OH is 1. The zero-order valence-corrected chi connectivity index (χ0v) is 11.3. The van der Waals surface area contributed by atoms with Crippen molar-refractivity contribution in [2.75, 3.05) is 12.3 Å². The molecular weight excluding hydrogens is 287 g/mol. The Labute approximate surface area is 110 Å². The van der Waals surface area contributed by atoms with Gasteiger partial charge in [-0.15, -0.1) is 0 Å². The first-order chi connectivity index (χ1) is 7.77. The largest absolute Gasteiger partial charge is 0.399 e. The molecule has 0 spiro atoms. The van der Waals surface area contributed by atoms with Gasteiger partial charge in [0.05, 0.1) is 16.7 Å². The maximum atomic E-state index is 11.9. The smallest absolute Gasteiger partial charge is 0.243 e. The summed E-state index contributed by atoms with van der Waals surface area (Å²) >= 11 is 11.6. The number of anilines is 1. The molecule has 1 aromatic carbocycles. The second-order valence-corrected chi connectivity index (χ2v) is 5.98. The molecule has 0 aliphatic carbocycles. The predicted molar refractivity (Wildman–Crippen MR) is 67.7 cm³/mol. The van der Waals surface area contributed by atoms with Crippen molar-refractivity contribution in [1.82, 2.24) is 4.72 Å². The van der Waals surface area contributed by atoms with Crippen LogP contribution in [0, 0.1) is 0 Å². The van der Waals surface area contributed by atoms with Gasteiger partial charge in [-0.2, -0.15) is 0 Å². The Morgan fingerprint density at radius 1 is 1.41 bits per heavy atom. The molecule has 1 aromatic rings. The summed E-state index contributed by atoms with van der Waals surface area (Å²) < 4.78 is 26.1. The molecule has 8 heteroatoms. The van der Waals surface area contributed by atoms with Crippen LogP contribution in [-0.2, 0) is 10.0 Å². The number of nitrogens with two attached hydrogens (primary N) is 1. The van der Waals surface area contributed by atoms with Gasteiger partial charge in [0.1, 0.15) is 4.90 Å². The number of nitrogens with one attached hydrogen (secondary N) is 1. The van der Waals surface area contributed by atoms with Crippen molar-refractivity contribution < 1.29 is 13.5 Å². The van der Waals surface area contributed by atoms with E-state index in [0.29, 0.717) is 0 Å². The summed E-state index contributed by atoms with van der Waals surface area (Å²) in [6.45, 7) is 1.18. The van der Waals surface area contributed by atoms with E-state index in [1.54, 1.807) is 0 Å². The Hall–Kier alpha value is -0.530. The highest BCUT2D eigenvalue weighted by atomic mass is 35.5. The Morgan fingerprint density at radius 3 is 2.29 bits per heavy atom. The molecule has 1 rings (SSSR count). The monoisotopic (exact) mass is 298 g/mol. The lowest BCUT2D eigenvalue weighted by molar-refractivity contribution is 0.265. The molecule has 0 unspecified atom stereocenters. The first-order valence-corrected chi connectivity index (χ1v) is 6.89. The third-order valence-electron chi connectivity index (χ3n) is 1.92. The van der Waals surface area contributed by atoms with E-state index in [1.807, 2.05) is 0 Å². The standard InChI is InChI=1S/C9H12Cl2N2O3S/c1-5(4-14)13-17(15,16)9-7(10)2-6(12)3-8(9)11/h2-3,5,13-14H,4,12H2,1H3/t5-/m0/s1. The van der Waals surface area contributed by atoms with Gasteiger partial charge in [-0.05, 0) is 19.1 Å². The minimum atomic E-state index is -3.88. The Balaban J connectivity index is 3.25. The second kappa shape index (κ2) is 5.41. The van der Waals surface area contributed by atoms with E-state index in [-0.39, 0.29) is 27.2 Å². The van der Waals surface area contributed by atoms with E-state index in [0.717, 1.165) is 0 Å². The SMILES string of the molecule is C[C@@H](CO)NS(=O)(=O)c1c(Cl)cc(N)cc1Cl. The van der Waals surface area contributed by atoms with Crippen molar-refractivity contribution in [2.24, 2.45) is 0 Å². The van der Waals surface area contributed by atoms with Crippen LogP contribution in [0.15, 0.2) is 17.0 Å². The van der Waals surface area contributed by atoms with Crippen molar-refractivity contribution in [3.63, 3.8) is 0 Å². The summed E-state index contributed by atoms with van der Waals surface area (Å²) in [4.78, 5) is -0.240. The minimum absolute atomic E-state index is 0.0624. The lowest BCUT2D eigenvalue weighted by Crippen LogP contribution is -2.35. The van der Waals surface area contributed by atoms with E-state index in [2.05, 4.69) is 4.72 Å². The van der Waals surface area contributed by atoms with E-state index in [1.165, 1.54) is 19.1 Å². The molecule has 17 heavy (non-hydrogen) atoms. The van der Waals surface area contributed by atoms with E-state index in [4.69, 9.17) is 34.0 Å². The van der Waals surface area contributed by atoms with Gasteiger partial charge in [0.25, 0.3) is 0 Å². The number of hydrogen-bond donors (Lipinski definition) is 3. The van der Waals surface area contributed by atoms with Crippen molar-refractivity contribution in [3.8, 4) is 0 Å². The topological polar surface area (TPSA) is 92.4 Å². The summed E-state index contributed by atoms with van der Waals surface area (Å²) in [7, 11) is -3.88. The highest BCUT2D eigenvalue weighted by Gasteiger charge is 2.23. The van der Waals surface area contributed by atoms with Crippen molar-refractivity contribution in [2.45, 2.75) is 17.9 Å². The van der Waals surface area contributed by atoms with Crippen molar-refractivity contribution in [1.29, 1.82) is 0 Å². The van der Waals surface area contributed by atoms with Crippen molar-refractivity contribution in [3.05, 3.63) is 22.2 Å². The highest BCUT2D eigenvalue weighted by Crippen LogP contribution is 2.31. The first kappa shape index (κ1) is 14.5. The van der Waals surface area contributed by atoms with Gasteiger partial charge in [-0.1, -0.05) is 23.2 Å². The van der Waals surface area contributed by atoms with Crippen LogP contribution in [0.2, 0.25) is 10.0 Å². The fourth-order valence-corrected chi connectivity index (χ4v) is 3.66. The Morgan fingerprint density at radius 2 is 1.88 bits per heavy atom. The zero-order chi connectivity index (χ0) is 13.2. The van der Waals surface area contributed by atoms with Crippen LogP contribution in [0.25, 0.3) is 0 Å². The fourth-order valence-electron chi connectivity index (χ4n) is 1.20. The third kappa shape index (κ3) is 3.46. The summed E-state index contributed by atoms with van der Waals surface area (Å²) in [6, 6.07) is 1.96. The van der Waals surface area contributed by atoms with Crippen LogP contribution in [0.3, 0.4) is 0 Å². The van der Waals surface area contributed by atoms with E-state index >= 15 is 0 Å². The zero-order valence-electron chi connectivity index (χ0n) is 8.94. The molecule has 0 fully saturated rings. The number of sulfonamides is 1. The number of halogens is 2. The molecule has 5 nitrogen and oxygen atoms in total. The molecule has 0 saturated carbocycles. The number of benzene rings is 1. The van der Waals surface area contributed by atoms with Crippen molar-refractivity contribution >= 4 is 38.9 Å². The maximum absolute atomic E-state index is 11.9. The molecule has 1 atom stereocenters. The fraction of sp³-hybridized carbons (Fsp3) is 0.333. The van der Waals surface area contributed by atoms with Gasteiger partial charge in [0.15, 0.2) is 0 Å². The summed E-state index contributed by atoms with van der Waals surface area (Å²) in [5.41, 5.74) is 5.75. The average Bonchev–Trinajstić information content (AvgIpc) is 2.14. The summed E-state index contributed by atoms with van der Waals surface area (Å²) in [6.07, 6.45) is 0. The average molecular weight is 299 g/mol. The van der Waals surface area contributed by atoms with Crippen LogP contribution in [0.4, 0.5) is 5.69 Å². The molecule has 0 amide bonds. The lowest BCUT2D eigenvalue weighted by Gasteiger charge is -2.14. The molecule has 0 aliphatic heterocycles. The highest BCUT2D eigenvalue weighted by molar-refractivity contribution is 7.89. The van der Waals surface area contributed by atoms with Crippen LogP contribution < -0.4 is 10.5 Å². The molecule has 0 bridgehead atoms. The van der Waals surface area contributed by atoms with E-state index in [9.17, 15) is 8.42 Å². The van der Waals surface area contributed by atoms with Gasteiger partial charge in [-0.25, -0.2) is 13.1 Å². The molecule has 96 valence electrons. The third-order valence-corrected chi connectivity index (χ3v) is 4.43. The molecular formula is C9H12Cl2N2O3S. The summed E-state index contributed by atoms with van der Waals surface area (Å²) in [5, 5.41) is 8.69. The lowest BCUT2D eigenvalue weighted by atomic mass is 10.3. The van der Waals surface area contributed by atoms with Gasteiger partial charge in [-0.3, -0.25) is 0 Å². The normalized spacial score (nSPS) is 13.6. The van der Waals surface area contributed by atoms with Crippen LogP contribution in [-0.4, -0.2) is 26.2 Å². The van der Waals surface area contributed by atoms with E-state index < -0.39 is 16.1 Å². The first-order valence-electron chi connectivity index (χ1n) is 4.65. The van der Waals surface area contributed by atoms with Gasteiger partial charge < -0.3 is 10.8 Å². The van der Waals surface area contributed by atoms with Crippen LogP contribution >= 0.6 is 23.2 Å². The maximum Gasteiger partial charge on any atom is 0.243 e. The predicted octanol–water partition coefficient (Wildman–Crippen LogP) is 1.23. The van der Waals surface area contributed by atoms with Crippen LogP contribution in [0.5, 0.6) is 0 Å². The van der Waals surface area contributed by atoms with Crippen LogP contribution in [0.1, 0.15) is 6.92 Å². The quantitative estimate of drug-likeness (QED) is 0.729. The van der Waals surface area contributed by atoms with Gasteiger partial charge in [0.2, 0.25) is 10.0 Å². The molecule has 0 aromatic heterocycles. The molecule has 0 saturated heterocycles. The minimum Gasteiger partial charge on any atom is -0.399 e. The number of nitrogen functional groups attached to an aromatic ring is 1. The molecule has 0 aliphatic rings. The summed E-state index contributed by atoms with van der Waals surface area (Å²) in [5.74, 6) is 0. The Kier molecular flexibility index (Phi) is 4.62. The van der Waals surface area contributed by atoms with Gasteiger partial charge in [0, 0.05) is 11.7 Å². The second-order valence-electron chi connectivity index (χ2n) is 3.52. The Bertz CT molecular complexity index is 496. The van der Waals surface area contributed by atoms with Gasteiger partial charge >= 0.3 is 0 Å². The number of hydrogen-bond acceptors (Lipinski definition) is 4. The number of aliphatic hydroxyl groups is 1. The molecule has 4 N–H and O–H groups in total. The molecule has 0 radical (unpaired) electrons. The number of rotatable bonds is 4. The molecule has 0 heterocycles.